The van der Waals surface area contributed by atoms with Gasteiger partial charge in [0.25, 0.3) is 5.89 Å². The normalized spacial score (nSPS) is 18.7. The van der Waals surface area contributed by atoms with E-state index >= 15 is 0 Å². The highest BCUT2D eigenvalue weighted by molar-refractivity contribution is 5.60. The van der Waals surface area contributed by atoms with E-state index in [1.54, 1.807) is 6.20 Å². The topological polar surface area (TPSA) is 73.5 Å². The quantitative estimate of drug-likeness (QED) is 0.691. The smallest absolute Gasteiger partial charge is 0.259 e. The minimum Gasteiger partial charge on any atom is -0.356 e. The van der Waals surface area contributed by atoms with Crippen molar-refractivity contribution < 1.29 is 14.0 Å². The van der Waals surface area contributed by atoms with Gasteiger partial charge in [0.1, 0.15) is 5.82 Å². The van der Waals surface area contributed by atoms with Crippen LogP contribution in [0.15, 0.2) is 47.1 Å². The molecule has 2 fully saturated rings. The van der Waals surface area contributed by atoms with Gasteiger partial charge >= 0.3 is 0 Å². The zero-order valence-electron chi connectivity index (χ0n) is 15.8. The molecule has 2 aromatic heterocycles. The molecule has 1 aromatic carbocycles. The first-order valence-electron chi connectivity index (χ1n) is 9.61. The molecule has 5 rings (SSSR count). The first kappa shape index (κ1) is 17.3. The summed E-state index contributed by atoms with van der Waals surface area (Å²) in [5.41, 5.74) is 2.91. The van der Waals surface area contributed by atoms with E-state index < -0.39 is 0 Å². The molecule has 2 aliphatic heterocycles. The van der Waals surface area contributed by atoms with Crippen molar-refractivity contribution in [2.75, 3.05) is 31.2 Å². The number of hydrogen-bond donors (Lipinski definition) is 0. The lowest BCUT2D eigenvalue weighted by Gasteiger charge is -2.38. The Morgan fingerprint density at radius 3 is 2.54 bits per heavy atom. The second kappa shape index (κ2) is 7.00. The van der Waals surface area contributed by atoms with Crippen molar-refractivity contribution in [2.45, 2.75) is 25.6 Å². The summed E-state index contributed by atoms with van der Waals surface area (Å²) in [5.74, 6) is 1.63. The molecule has 0 amide bonds. The number of hydrogen-bond acceptors (Lipinski definition) is 7. The summed E-state index contributed by atoms with van der Waals surface area (Å²) in [4.78, 5) is 11.4. The minimum absolute atomic E-state index is 0.369. The van der Waals surface area contributed by atoms with Gasteiger partial charge in [0.2, 0.25) is 5.82 Å². The van der Waals surface area contributed by atoms with E-state index in [-0.39, 0.29) is 5.79 Å². The summed E-state index contributed by atoms with van der Waals surface area (Å²) in [6.45, 7) is 5.17. The Morgan fingerprint density at radius 1 is 1.00 bits per heavy atom. The molecule has 3 aromatic rings. The van der Waals surface area contributed by atoms with Crippen LogP contribution in [0, 0.1) is 6.92 Å². The molecule has 7 nitrogen and oxygen atoms in total. The third-order valence-corrected chi connectivity index (χ3v) is 5.36. The van der Waals surface area contributed by atoms with E-state index in [0.717, 1.165) is 48.4 Å². The number of nitrogens with zero attached hydrogens (tertiary/aromatic N) is 4. The Kier molecular flexibility index (Phi) is 4.33. The Labute approximate surface area is 163 Å². The van der Waals surface area contributed by atoms with Gasteiger partial charge in [-0.15, -0.1) is 0 Å². The maximum Gasteiger partial charge on any atom is 0.259 e. The number of anilines is 1. The molecule has 0 radical (unpaired) electrons. The molecule has 0 N–H and O–H groups in total. The molecule has 0 bridgehead atoms. The van der Waals surface area contributed by atoms with Gasteiger partial charge in [0.05, 0.1) is 18.8 Å². The number of aromatic nitrogens is 3. The Bertz CT molecular complexity index is 954. The van der Waals surface area contributed by atoms with Crippen LogP contribution in [0.1, 0.15) is 18.4 Å². The van der Waals surface area contributed by atoms with E-state index in [0.29, 0.717) is 24.9 Å². The van der Waals surface area contributed by atoms with Crippen LogP contribution in [-0.4, -0.2) is 47.2 Å². The number of rotatable bonds is 3. The van der Waals surface area contributed by atoms with Gasteiger partial charge in [-0.2, -0.15) is 4.98 Å². The predicted molar refractivity (Wildman–Crippen MR) is 104 cm³/mol. The fourth-order valence-corrected chi connectivity index (χ4v) is 3.80. The highest BCUT2D eigenvalue weighted by atomic mass is 16.7. The van der Waals surface area contributed by atoms with Crippen LogP contribution >= 0.6 is 0 Å². The van der Waals surface area contributed by atoms with Crippen LogP contribution in [-0.2, 0) is 9.47 Å². The molecule has 2 saturated heterocycles. The summed E-state index contributed by atoms with van der Waals surface area (Å²) < 4.78 is 17.0. The molecule has 7 heteroatoms. The lowest BCUT2D eigenvalue weighted by atomic mass is 10.0. The summed E-state index contributed by atoms with van der Waals surface area (Å²) in [7, 11) is 0. The van der Waals surface area contributed by atoms with E-state index in [9.17, 15) is 0 Å². The zero-order chi connectivity index (χ0) is 19.0. The van der Waals surface area contributed by atoms with Gasteiger partial charge in [-0.1, -0.05) is 28.9 Å². The average Bonchev–Trinajstić information content (AvgIpc) is 3.39. The minimum atomic E-state index is -0.369. The van der Waals surface area contributed by atoms with Crippen molar-refractivity contribution in [3.05, 3.63) is 48.2 Å². The van der Waals surface area contributed by atoms with Crippen molar-refractivity contribution in [3.8, 4) is 22.8 Å². The van der Waals surface area contributed by atoms with Gasteiger partial charge in [0, 0.05) is 37.7 Å². The molecule has 2 aliphatic rings. The van der Waals surface area contributed by atoms with Crippen molar-refractivity contribution in [1.82, 2.24) is 15.1 Å². The number of aryl methyl sites for hydroxylation is 1. The van der Waals surface area contributed by atoms with Crippen LogP contribution in [0.4, 0.5) is 5.82 Å². The van der Waals surface area contributed by atoms with Gasteiger partial charge in [-0.25, -0.2) is 4.98 Å². The van der Waals surface area contributed by atoms with Crippen LogP contribution in [0.3, 0.4) is 0 Å². The van der Waals surface area contributed by atoms with E-state index in [1.807, 2.05) is 43.3 Å². The average molecular weight is 378 g/mol. The van der Waals surface area contributed by atoms with Crippen LogP contribution < -0.4 is 4.90 Å². The first-order valence-corrected chi connectivity index (χ1v) is 9.61. The molecule has 0 aliphatic carbocycles. The van der Waals surface area contributed by atoms with Crippen molar-refractivity contribution in [2.24, 2.45) is 0 Å². The summed E-state index contributed by atoms with van der Waals surface area (Å²) >= 11 is 0. The van der Waals surface area contributed by atoms with Crippen molar-refractivity contribution in [3.63, 3.8) is 0 Å². The molecular weight excluding hydrogens is 356 g/mol. The van der Waals surface area contributed by atoms with Crippen LogP contribution in [0.2, 0.25) is 0 Å². The maximum absolute atomic E-state index is 5.79. The second-order valence-electron chi connectivity index (χ2n) is 7.29. The molecule has 0 atom stereocenters. The van der Waals surface area contributed by atoms with Gasteiger partial charge < -0.3 is 18.9 Å². The van der Waals surface area contributed by atoms with Gasteiger partial charge in [-0.05, 0) is 25.1 Å². The molecular formula is C21H22N4O3. The lowest BCUT2D eigenvalue weighted by Crippen LogP contribution is -2.45. The monoisotopic (exact) mass is 378 g/mol. The molecule has 1 spiro atoms. The molecule has 0 saturated carbocycles. The third kappa shape index (κ3) is 3.27. The van der Waals surface area contributed by atoms with Crippen LogP contribution in [0.5, 0.6) is 0 Å². The number of benzene rings is 1. The summed E-state index contributed by atoms with van der Waals surface area (Å²) in [6.07, 6.45) is 3.51. The molecule has 0 unspecified atom stereocenters. The van der Waals surface area contributed by atoms with Gasteiger partial charge in [-0.3, -0.25) is 0 Å². The first-order chi connectivity index (χ1) is 13.7. The summed E-state index contributed by atoms with van der Waals surface area (Å²) in [6, 6.07) is 12.0. The number of pyridine rings is 1. The highest BCUT2D eigenvalue weighted by Crippen LogP contribution is 2.33. The van der Waals surface area contributed by atoms with Crippen molar-refractivity contribution in [1.29, 1.82) is 0 Å². The Morgan fingerprint density at radius 2 is 1.82 bits per heavy atom. The lowest BCUT2D eigenvalue weighted by molar-refractivity contribution is -0.169. The Balaban J connectivity index is 1.29. The zero-order valence-corrected chi connectivity index (χ0v) is 15.8. The molecule has 144 valence electrons. The van der Waals surface area contributed by atoms with Gasteiger partial charge in [0.15, 0.2) is 5.79 Å². The SMILES string of the molecule is Cc1cccc(-c2noc(-c3ccc(N4CCC5(CC4)OCCO5)nc3)n2)c1. The molecule has 28 heavy (non-hydrogen) atoms. The van der Waals surface area contributed by atoms with Crippen LogP contribution in [0.25, 0.3) is 22.8 Å². The fraction of sp³-hybridized carbons (Fsp3) is 0.381. The second-order valence-corrected chi connectivity index (χ2v) is 7.29. The predicted octanol–water partition coefficient (Wildman–Crippen LogP) is 3.45. The summed E-state index contributed by atoms with van der Waals surface area (Å²) in [5, 5.41) is 4.10. The maximum atomic E-state index is 5.79. The number of piperidine rings is 1. The van der Waals surface area contributed by atoms with E-state index in [2.05, 4.69) is 20.0 Å². The van der Waals surface area contributed by atoms with E-state index in [4.69, 9.17) is 14.0 Å². The highest BCUT2D eigenvalue weighted by Gasteiger charge is 2.40. The third-order valence-electron chi connectivity index (χ3n) is 5.36. The molecule has 4 heterocycles. The number of ether oxygens (including phenoxy) is 2. The standard InChI is InChI=1S/C21H22N4O3/c1-15-3-2-4-16(13-15)19-23-20(28-24-19)17-5-6-18(22-14-17)25-9-7-21(8-10-25)26-11-12-27-21/h2-6,13-14H,7-12H2,1H3. The van der Waals surface area contributed by atoms with Crippen molar-refractivity contribution >= 4 is 5.82 Å². The fourth-order valence-electron chi connectivity index (χ4n) is 3.80. The Hall–Kier alpha value is -2.77. The van der Waals surface area contributed by atoms with E-state index in [1.165, 1.54) is 0 Å². The largest absolute Gasteiger partial charge is 0.356 e.